The summed E-state index contributed by atoms with van der Waals surface area (Å²) in [5.74, 6) is -0.0205. The SMILES string of the molecule is O=C(Cn1nnc2ccccc21)NCC1(c2ccccc2)CCC1. The number of carbonyl (C=O) groups is 1. The van der Waals surface area contributed by atoms with E-state index in [1.54, 1.807) is 4.68 Å². The quantitative estimate of drug-likeness (QED) is 0.786. The van der Waals surface area contributed by atoms with E-state index in [9.17, 15) is 4.79 Å². The number of fused-ring (bicyclic) bond motifs is 1. The van der Waals surface area contributed by atoms with Crippen molar-refractivity contribution in [3.63, 3.8) is 0 Å². The third-order valence-corrected chi connectivity index (χ3v) is 5.03. The molecule has 0 atom stereocenters. The molecule has 0 spiro atoms. The molecule has 0 aliphatic heterocycles. The maximum atomic E-state index is 12.4. The van der Waals surface area contributed by atoms with Gasteiger partial charge in [0.2, 0.25) is 5.91 Å². The normalized spacial score (nSPS) is 15.8. The molecule has 1 N–H and O–H groups in total. The van der Waals surface area contributed by atoms with Crippen LogP contribution < -0.4 is 5.32 Å². The maximum absolute atomic E-state index is 12.4. The molecule has 24 heavy (non-hydrogen) atoms. The van der Waals surface area contributed by atoms with Crippen LogP contribution in [0, 0.1) is 0 Å². The summed E-state index contributed by atoms with van der Waals surface area (Å²) >= 11 is 0. The molecule has 2 aromatic carbocycles. The van der Waals surface area contributed by atoms with E-state index >= 15 is 0 Å². The van der Waals surface area contributed by atoms with Gasteiger partial charge in [0.15, 0.2) is 0 Å². The molecule has 1 heterocycles. The molecule has 1 aliphatic rings. The van der Waals surface area contributed by atoms with Gasteiger partial charge in [0, 0.05) is 12.0 Å². The van der Waals surface area contributed by atoms with Gasteiger partial charge < -0.3 is 5.32 Å². The summed E-state index contributed by atoms with van der Waals surface area (Å²) in [6, 6.07) is 18.2. The van der Waals surface area contributed by atoms with E-state index in [1.165, 1.54) is 12.0 Å². The second-order valence-electron chi connectivity index (χ2n) is 6.51. The Labute approximate surface area is 140 Å². The largest absolute Gasteiger partial charge is 0.354 e. The van der Waals surface area contributed by atoms with Crippen LogP contribution in [0.2, 0.25) is 0 Å². The zero-order valence-corrected chi connectivity index (χ0v) is 13.5. The van der Waals surface area contributed by atoms with Crippen LogP contribution in [0.5, 0.6) is 0 Å². The molecule has 5 heteroatoms. The van der Waals surface area contributed by atoms with Crippen molar-refractivity contribution in [3.8, 4) is 0 Å². The summed E-state index contributed by atoms with van der Waals surface area (Å²) in [6.45, 7) is 0.883. The molecular weight excluding hydrogens is 300 g/mol. The number of hydrogen-bond acceptors (Lipinski definition) is 3. The number of benzene rings is 2. The smallest absolute Gasteiger partial charge is 0.241 e. The van der Waals surface area contributed by atoms with Crippen LogP contribution in [0.3, 0.4) is 0 Å². The molecule has 1 amide bonds. The fourth-order valence-electron chi connectivity index (χ4n) is 3.46. The van der Waals surface area contributed by atoms with Gasteiger partial charge >= 0.3 is 0 Å². The molecule has 4 rings (SSSR count). The second-order valence-corrected chi connectivity index (χ2v) is 6.51. The number of para-hydroxylation sites is 1. The van der Waals surface area contributed by atoms with E-state index in [-0.39, 0.29) is 17.9 Å². The van der Waals surface area contributed by atoms with Crippen LogP contribution in [0.4, 0.5) is 0 Å². The first-order valence-corrected chi connectivity index (χ1v) is 8.37. The van der Waals surface area contributed by atoms with Gasteiger partial charge in [0.25, 0.3) is 0 Å². The first-order valence-electron chi connectivity index (χ1n) is 8.37. The van der Waals surface area contributed by atoms with Gasteiger partial charge in [-0.25, -0.2) is 4.68 Å². The lowest BCUT2D eigenvalue weighted by atomic mass is 9.64. The number of amides is 1. The van der Waals surface area contributed by atoms with Crippen LogP contribution in [0.15, 0.2) is 54.6 Å². The number of hydrogen-bond donors (Lipinski definition) is 1. The predicted octanol–water partition coefficient (Wildman–Crippen LogP) is 2.67. The highest BCUT2D eigenvalue weighted by Gasteiger charge is 2.38. The van der Waals surface area contributed by atoms with Crippen LogP contribution in [0.1, 0.15) is 24.8 Å². The van der Waals surface area contributed by atoms with E-state index in [0.717, 1.165) is 23.9 Å². The molecule has 0 radical (unpaired) electrons. The minimum Gasteiger partial charge on any atom is -0.354 e. The predicted molar refractivity (Wildman–Crippen MR) is 92.5 cm³/mol. The number of carbonyl (C=O) groups excluding carboxylic acids is 1. The van der Waals surface area contributed by atoms with Gasteiger partial charge in [-0.1, -0.05) is 54.1 Å². The maximum Gasteiger partial charge on any atom is 0.241 e. The zero-order valence-electron chi connectivity index (χ0n) is 13.5. The topological polar surface area (TPSA) is 59.8 Å². The van der Waals surface area contributed by atoms with Crippen molar-refractivity contribution < 1.29 is 4.79 Å². The Bertz CT molecular complexity index is 852. The van der Waals surface area contributed by atoms with Crippen LogP contribution in [0.25, 0.3) is 11.0 Å². The molecule has 5 nitrogen and oxygen atoms in total. The van der Waals surface area contributed by atoms with Gasteiger partial charge in [0.05, 0.1) is 5.52 Å². The van der Waals surface area contributed by atoms with Crippen LogP contribution >= 0.6 is 0 Å². The lowest BCUT2D eigenvalue weighted by Crippen LogP contribution is -2.46. The van der Waals surface area contributed by atoms with Gasteiger partial charge in [-0.05, 0) is 30.5 Å². The van der Waals surface area contributed by atoms with E-state index in [4.69, 9.17) is 0 Å². The van der Waals surface area contributed by atoms with Crippen molar-refractivity contribution in [2.24, 2.45) is 0 Å². The standard InChI is InChI=1S/C19H20N4O/c24-18(13-23-17-10-5-4-9-16(17)21-22-23)20-14-19(11-6-12-19)15-7-2-1-3-8-15/h1-5,7-10H,6,11-14H2,(H,20,24). The number of aromatic nitrogens is 3. The Morgan fingerprint density at radius 2 is 1.83 bits per heavy atom. The highest BCUT2D eigenvalue weighted by atomic mass is 16.2. The highest BCUT2D eigenvalue weighted by molar-refractivity contribution is 5.79. The Morgan fingerprint density at radius 3 is 2.58 bits per heavy atom. The second kappa shape index (κ2) is 6.07. The number of nitrogens with zero attached hydrogens (tertiary/aromatic N) is 3. The fourth-order valence-corrected chi connectivity index (χ4v) is 3.46. The summed E-state index contributed by atoms with van der Waals surface area (Å²) in [5, 5.41) is 11.3. The van der Waals surface area contributed by atoms with E-state index in [0.29, 0.717) is 6.54 Å². The van der Waals surface area contributed by atoms with Crippen molar-refractivity contribution in [2.45, 2.75) is 31.2 Å². The molecule has 1 aliphatic carbocycles. The summed E-state index contributed by atoms with van der Waals surface area (Å²) in [6.07, 6.45) is 3.48. The summed E-state index contributed by atoms with van der Waals surface area (Å²) in [7, 11) is 0. The Hall–Kier alpha value is -2.69. The lowest BCUT2D eigenvalue weighted by molar-refractivity contribution is -0.122. The van der Waals surface area contributed by atoms with Gasteiger partial charge in [-0.3, -0.25) is 4.79 Å². The molecule has 0 bridgehead atoms. The first kappa shape index (κ1) is 14.9. The third kappa shape index (κ3) is 2.66. The van der Waals surface area contributed by atoms with Crippen molar-refractivity contribution in [1.29, 1.82) is 0 Å². The highest BCUT2D eigenvalue weighted by Crippen LogP contribution is 2.43. The minimum absolute atomic E-state index is 0.0205. The molecule has 0 saturated heterocycles. The third-order valence-electron chi connectivity index (χ3n) is 5.03. The molecule has 1 saturated carbocycles. The average Bonchev–Trinajstić information content (AvgIpc) is 2.98. The summed E-state index contributed by atoms with van der Waals surface area (Å²) < 4.78 is 1.65. The summed E-state index contributed by atoms with van der Waals surface area (Å²) in [5.41, 5.74) is 3.11. The van der Waals surface area contributed by atoms with E-state index in [1.807, 2.05) is 30.3 Å². The average molecular weight is 320 g/mol. The zero-order chi connectivity index (χ0) is 16.4. The molecule has 1 aromatic heterocycles. The first-order chi connectivity index (χ1) is 11.8. The Kier molecular flexibility index (Phi) is 3.76. The lowest BCUT2D eigenvalue weighted by Gasteiger charge is -2.42. The van der Waals surface area contributed by atoms with Gasteiger partial charge in [-0.15, -0.1) is 5.10 Å². The van der Waals surface area contributed by atoms with Gasteiger partial charge in [0.1, 0.15) is 12.1 Å². The molecule has 1 fully saturated rings. The number of rotatable bonds is 5. The van der Waals surface area contributed by atoms with Gasteiger partial charge in [-0.2, -0.15) is 0 Å². The van der Waals surface area contributed by atoms with Crippen molar-refractivity contribution >= 4 is 16.9 Å². The Balaban J connectivity index is 1.43. The molecule has 122 valence electrons. The molecule has 0 unspecified atom stereocenters. The molecular formula is C19H20N4O. The van der Waals surface area contributed by atoms with Crippen molar-refractivity contribution in [2.75, 3.05) is 6.54 Å². The monoisotopic (exact) mass is 320 g/mol. The Morgan fingerprint density at radius 1 is 1.08 bits per heavy atom. The van der Waals surface area contributed by atoms with Crippen molar-refractivity contribution in [1.82, 2.24) is 20.3 Å². The van der Waals surface area contributed by atoms with E-state index < -0.39 is 0 Å². The van der Waals surface area contributed by atoms with E-state index in [2.05, 4.69) is 39.9 Å². The molecule has 3 aromatic rings. The number of nitrogens with one attached hydrogen (secondary N) is 1. The fraction of sp³-hybridized carbons (Fsp3) is 0.316. The van der Waals surface area contributed by atoms with Crippen LogP contribution in [-0.2, 0) is 16.8 Å². The van der Waals surface area contributed by atoms with Crippen molar-refractivity contribution in [3.05, 3.63) is 60.2 Å². The minimum atomic E-state index is -0.0205. The summed E-state index contributed by atoms with van der Waals surface area (Å²) in [4.78, 5) is 12.4. The van der Waals surface area contributed by atoms with Crippen LogP contribution in [-0.4, -0.2) is 27.4 Å².